The Morgan fingerprint density at radius 3 is 2.42 bits per heavy atom. The van der Waals surface area contributed by atoms with Crippen molar-refractivity contribution in [2.45, 2.75) is 0 Å². The largest absolute Gasteiger partial charge is 0.453 e. The smallest absolute Gasteiger partial charge is 0.411 e. The molecule has 0 heterocycles. The number of hydrogen-bond acceptors (Lipinski definition) is 3. The number of fused-ring (bicyclic) bond motifs is 3. The van der Waals surface area contributed by atoms with E-state index in [1.54, 1.807) is 18.2 Å². The Morgan fingerprint density at radius 1 is 1.00 bits per heavy atom. The first kappa shape index (κ1) is 11.5. The van der Waals surface area contributed by atoms with Gasteiger partial charge in [0.15, 0.2) is 5.78 Å². The molecule has 0 saturated heterocycles. The van der Waals surface area contributed by atoms with Crippen LogP contribution in [0.4, 0.5) is 10.5 Å². The Balaban J connectivity index is 2.16. The number of benzene rings is 2. The highest BCUT2D eigenvalue weighted by Gasteiger charge is 2.29. The summed E-state index contributed by atoms with van der Waals surface area (Å²) in [6.45, 7) is 0. The van der Waals surface area contributed by atoms with Crippen LogP contribution in [0.1, 0.15) is 15.9 Å². The van der Waals surface area contributed by atoms with Crippen molar-refractivity contribution in [3.05, 3.63) is 53.6 Å². The molecule has 1 aliphatic rings. The van der Waals surface area contributed by atoms with Crippen molar-refractivity contribution < 1.29 is 14.3 Å². The quantitative estimate of drug-likeness (QED) is 0.725. The number of anilines is 1. The molecule has 0 fully saturated rings. The number of nitrogens with one attached hydrogen (secondary N) is 1. The van der Waals surface area contributed by atoms with Crippen LogP contribution in [0.25, 0.3) is 11.1 Å². The Labute approximate surface area is 110 Å². The van der Waals surface area contributed by atoms with E-state index in [0.717, 1.165) is 11.1 Å². The summed E-state index contributed by atoms with van der Waals surface area (Å²) in [7, 11) is 1.29. The van der Waals surface area contributed by atoms with Crippen LogP contribution in [-0.2, 0) is 4.74 Å². The van der Waals surface area contributed by atoms with E-state index in [9.17, 15) is 9.59 Å². The highest BCUT2D eigenvalue weighted by atomic mass is 16.5. The molecule has 0 spiro atoms. The molecule has 0 radical (unpaired) electrons. The number of carbonyl (C=O) groups is 2. The zero-order chi connectivity index (χ0) is 13.4. The number of amides is 1. The zero-order valence-electron chi connectivity index (χ0n) is 10.3. The molecule has 1 amide bonds. The topological polar surface area (TPSA) is 55.4 Å². The Morgan fingerprint density at radius 2 is 1.68 bits per heavy atom. The standard InChI is InChI=1S/C15H11NO3/c1-19-15(18)16-12-8-4-7-10-9-5-2-3-6-11(9)14(17)13(10)12/h2-8H,1H3,(H,16,18). The fourth-order valence-corrected chi connectivity index (χ4v) is 2.34. The minimum atomic E-state index is -0.586. The normalized spacial score (nSPS) is 11.7. The second kappa shape index (κ2) is 4.24. The summed E-state index contributed by atoms with van der Waals surface area (Å²) in [5.41, 5.74) is 3.40. The van der Waals surface area contributed by atoms with Gasteiger partial charge in [0.05, 0.1) is 18.4 Å². The number of methoxy groups -OCH3 is 1. The Hall–Kier alpha value is -2.62. The van der Waals surface area contributed by atoms with Gasteiger partial charge in [-0.05, 0) is 17.2 Å². The van der Waals surface area contributed by atoms with Crippen LogP contribution >= 0.6 is 0 Å². The third kappa shape index (κ3) is 1.69. The third-order valence-corrected chi connectivity index (χ3v) is 3.18. The van der Waals surface area contributed by atoms with Crippen LogP contribution in [0.3, 0.4) is 0 Å². The SMILES string of the molecule is COC(=O)Nc1cccc2c1C(=O)c1ccccc1-2. The van der Waals surface area contributed by atoms with Gasteiger partial charge in [0, 0.05) is 5.56 Å². The highest BCUT2D eigenvalue weighted by Crippen LogP contribution is 2.39. The maximum atomic E-state index is 12.4. The van der Waals surface area contributed by atoms with Gasteiger partial charge in [0.2, 0.25) is 0 Å². The lowest BCUT2D eigenvalue weighted by atomic mass is 10.1. The first-order valence-corrected chi connectivity index (χ1v) is 5.84. The van der Waals surface area contributed by atoms with Crippen molar-refractivity contribution in [1.82, 2.24) is 0 Å². The van der Waals surface area contributed by atoms with E-state index < -0.39 is 6.09 Å². The maximum absolute atomic E-state index is 12.4. The van der Waals surface area contributed by atoms with Crippen molar-refractivity contribution in [3.63, 3.8) is 0 Å². The van der Waals surface area contributed by atoms with Gasteiger partial charge in [0.25, 0.3) is 0 Å². The molecule has 2 aromatic rings. The van der Waals surface area contributed by atoms with Gasteiger partial charge < -0.3 is 4.74 Å². The molecule has 19 heavy (non-hydrogen) atoms. The van der Waals surface area contributed by atoms with E-state index >= 15 is 0 Å². The molecular formula is C15H11NO3. The van der Waals surface area contributed by atoms with Gasteiger partial charge in [-0.3, -0.25) is 10.1 Å². The summed E-state index contributed by atoms with van der Waals surface area (Å²) in [6.07, 6.45) is -0.586. The van der Waals surface area contributed by atoms with Gasteiger partial charge >= 0.3 is 6.09 Å². The van der Waals surface area contributed by atoms with Crippen molar-refractivity contribution in [3.8, 4) is 11.1 Å². The molecule has 0 bridgehead atoms. The van der Waals surface area contributed by atoms with E-state index in [2.05, 4.69) is 10.1 Å². The number of rotatable bonds is 1. The summed E-state index contributed by atoms with van der Waals surface area (Å²) in [6, 6.07) is 12.8. The first-order chi connectivity index (χ1) is 9.22. The van der Waals surface area contributed by atoms with Gasteiger partial charge in [0.1, 0.15) is 0 Å². The van der Waals surface area contributed by atoms with E-state index in [4.69, 9.17) is 0 Å². The molecule has 1 aliphatic carbocycles. The number of hydrogen-bond donors (Lipinski definition) is 1. The van der Waals surface area contributed by atoms with Crippen LogP contribution in [-0.4, -0.2) is 19.0 Å². The van der Waals surface area contributed by atoms with E-state index in [0.29, 0.717) is 16.8 Å². The van der Waals surface area contributed by atoms with Gasteiger partial charge in [-0.25, -0.2) is 4.79 Å². The van der Waals surface area contributed by atoms with Gasteiger partial charge in [-0.15, -0.1) is 0 Å². The molecular weight excluding hydrogens is 242 g/mol. The first-order valence-electron chi connectivity index (χ1n) is 5.84. The van der Waals surface area contributed by atoms with Crippen LogP contribution in [0.5, 0.6) is 0 Å². The van der Waals surface area contributed by atoms with Gasteiger partial charge in [-0.2, -0.15) is 0 Å². The second-order valence-electron chi connectivity index (χ2n) is 4.22. The van der Waals surface area contributed by atoms with E-state index in [1.165, 1.54) is 7.11 Å². The van der Waals surface area contributed by atoms with Crippen molar-refractivity contribution >= 4 is 17.6 Å². The third-order valence-electron chi connectivity index (χ3n) is 3.18. The summed E-state index contributed by atoms with van der Waals surface area (Å²) in [5, 5.41) is 2.58. The zero-order valence-corrected chi connectivity index (χ0v) is 10.3. The van der Waals surface area contributed by atoms with Crippen LogP contribution in [0.2, 0.25) is 0 Å². The number of carbonyl (C=O) groups excluding carboxylic acids is 2. The lowest BCUT2D eigenvalue weighted by Crippen LogP contribution is -2.13. The average Bonchev–Trinajstić information content (AvgIpc) is 2.74. The Kier molecular flexibility index (Phi) is 2.56. The highest BCUT2D eigenvalue weighted by molar-refractivity contribution is 6.25. The lowest BCUT2D eigenvalue weighted by molar-refractivity contribution is 0.104. The van der Waals surface area contributed by atoms with Crippen LogP contribution in [0.15, 0.2) is 42.5 Å². The Bertz CT molecular complexity index is 692. The van der Waals surface area contributed by atoms with E-state index in [1.807, 2.05) is 24.3 Å². The molecule has 2 aromatic carbocycles. The summed E-state index contributed by atoms with van der Waals surface area (Å²) in [5.74, 6) is -0.0717. The lowest BCUT2D eigenvalue weighted by Gasteiger charge is -2.08. The monoisotopic (exact) mass is 253 g/mol. The minimum absolute atomic E-state index is 0.0717. The predicted molar refractivity (Wildman–Crippen MR) is 71.3 cm³/mol. The van der Waals surface area contributed by atoms with Crippen LogP contribution < -0.4 is 5.32 Å². The summed E-state index contributed by atoms with van der Waals surface area (Å²) < 4.78 is 4.56. The average molecular weight is 253 g/mol. The molecule has 4 heteroatoms. The molecule has 0 aliphatic heterocycles. The summed E-state index contributed by atoms with van der Waals surface area (Å²) in [4.78, 5) is 23.7. The molecule has 0 unspecified atom stereocenters. The molecule has 4 nitrogen and oxygen atoms in total. The summed E-state index contributed by atoms with van der Waals surface area (Å²) >= 11 is 0. The predicted octanol–water partition coefficient (Wildman–Crippen LogP) is 3.08. The molecule has 94 valence electrons. The second-order valence-corrected chi connectivity index (χ2v) is 4.22. The number of ether oxygens (including phenoxy) is 1. The minimum Gasteiger partial charge on any atom is -0.453 e. The van der Waals surface area contributed by atoms with Crippen molar-refractivity contribution in [2.75, 3.05) is 12.4 Å². The van der Waals surface area contributed by atoms with Crippen molar-refractivity contribution in [2.24, 2.45) is 0 Å². The molecule has 0 atom stereocenters. The van der Waals surface area contributed by atoms with Gasteiger partial charge in [-0.1, -0.05) is 36.4 Å². The van der Waals surface area contributed by atoms with E-state index in [-0.39, 0.29) is 5.78 Å². The van der Waals surface area contributed by atoms with Crippen LogP contribution in [0, 0.1) is 0 Å². The fraction of sp³-hybridized carbons (Fsp3) is 0.0667. The molecule has 0 saturated carbocycles. The number of ketones is 1. The molecule has 3 rings (SSSR count). The van der Waals surface area contributed by atoms with Crippen molar-refractivity contribution in [1.29, 1.82) is 0 Å². The molecule has 1 N–H and O–H groups in total. The molecule has 0 aromatic heterocycles. The maximum Gasteiger partial charge on any atom is 0.411 e. The fourth-order valence-electron chi connectivity index (χ4n) is 2.34.